The van der Waals surface area contributed by atoms with Crippen LogP contribution >= 0.6 is 0 Å². The third-order valence-corrected chi connectivity index (χ3v) is 7.33. The Morgan fingerprint density at radius 3 is 2.49 bits per heavy atom. The summed E-state index contributed by atoms with van der Waals surface area (Å²) < 4.78 is 14.2. The molecule has 2 aromatic heterocycles. The highest BCUT2D eigenvalue weighted by molar-refractivity contribution is 5.97. The maximum Gasteiger partial charge on any atom is 0.335 e. The van der Waals surface area contributed by atoms with E-state index in [1.165, 1.54) is 15.5 Å². The molecule has 222 valence electrons. The standard InChI is InChI=1S/C31H34N8O4/c1-21(36-29(40)22(18-32)17-31(2,3)37-13-15-42-16-14-37)19-38-28-26(27(33)34-20-35-28)39(30(38)41)23-9-11-25(12-10-23)43-24-7-5-4-6-8-24/h4-12,17,20-21H,13-16,19H2,1-3H3,(H,36,40)(H2,33,34,35). The molecule has 1 aliphatic rings. The fraction of sp³-hybridized carbons (Fsp3) is 0.323. The maximum atomic E-state index is 13.8. The molecule has 43 heavy (non-hydrogen) atoms. The Kier molecular flexibility index (Phi) is 8.56. The van der Waals surface area contributed by atoms with Crippen LogP contribution in [-0.4, -0.2) is 67.8 Å². The summed E-state index contributed by atoms with van der Waals surface area (Å²) in [7, 11) is 0. The fourth-order valence-electron chi connectivity index (χ4n) is 5.15. The van der Waals surface area contributed by atoms with Crippen molar-refractivity contribution < 1.29 is 14.3 Å². The number of aromatic nitrogens is 4. The molecule has 3 heterocycles. The van der Waals surface area contributed by atoms with Gasteiger partial charge in [-0.05, 0) is 63.2 Å². The highest BCUT2D eigenvalue weighted by Gasteiger charge is 2.28. The molecule has 0 spiro atoms. The van der Waals surface area contributed by atoms with E-state index in [0.717, 1.165) is 0 Å². The molecule has 0 saturated carbocycles. The maximum absolute atomic E-state index is 13.8. The van der Waals surface area contributed by atoms with Gasteiger partial charge in [-0.25, -0.2) is 14.8 Å². The number of nitrogen functional groups attached to an aromatic ring is 1. The first-order valence-corrected chi connectivity index (χ1v) is 14.0. The summed E-state index contributed by atoms with van der Waals surface area (Å²) in [5.41, 5.74) is 6.54. The molecule has 5 rings (SSSR count). The summed E-state index contributed by atoms with van der Waals surface area (Å²) in [5.74, 6) is 0.917. The molecule has 1 fully saturated rings. The lowest BCUT2D eigenvalue weighted by molar-refractivity contribution is -0.117. The van der Waals surface area contributed by atoms with E-state index in [4.69, 9.17) is 15.2 Å². The Labute approximate surface area is 249 Å². The number of nitrogens with two attached hydrogens (primary N) is 1. The number of hydrogen-bond donors (Lipinski definition) is 2. The fourth-order valence-corrected chi connectivity index (χ4v) is 5.15. The minimum absolute atomic E-state index is 0.00231. The Morgan fingerprint density at radius 1 is 1.14 bits per heavy atom. The van der Waals surface area contributed by atoms with Crippen molar-refractivity contribution in [3.63, 3.8) is 0 Å². The van der Waals surface area contributed by atoms with Crippen molar-refractivity contribution in [2.75, 3.05) is 32.0 Å². The number of rotatable bonds is 9. The third kappa shape index (κ3) is 6.43. The summed E-state index contributed by atoms with van der Waals surface area (Å²) in [6.07, 6.45) is 2.97. The summed E-state index contributed by atoms with van der Waals surface area (Å²) in [5, 5.41) is 12.6. The van der Waals surface area contributed by atoms with Gasteiger partial charge in [0, 0.05) is 31.2 Å². The minimum Gasteiger partial charge on any atom is -0.457 e. The first kappa shape index (κ1) is 29.5. The molecule has 2 aromatic carbocycles. The van der Waals surface area contributed by atoms with Crippen molar-refractivity contribution in [1.82, 2.24) is 29.3 Å². The van der Waals surface area contributed by atoms with Gasteiger partial charge >= 0.3 is 5.69 Å². The van der Waals surface area contributed by atoms with Crippen LogP contribution in [0.25, 0.3) is 16.9 Å². The third-order valence-electron chi connectivity index (χ3n) is 7.33. The number of hydrogen-bond acceptors (Lipinski definition) is 9. The van der Waals surface area contributed by atoms with Crippen molar-refractivity contribution in [2.45, 2.75) is 38.9 Å². The number of nitriles is 1. The van der Waals surface area contributed by atoms with Crippen LogP contribution in [0.15, 0.2) is 77.4 Å². The van der Waals surface area contributed by atoms with Crippen LogP contribution in [-0.2, 0) is 16.1 Å². The van der Waals surface area contributed by atoms with Crippen LogP contribution in [0.2, 0.25) is 0 Å². The van der Waals surface area contributed by atoms with Crippen LogP contribution in [0.5, 0.6) is 11.5 Å². The van der Waals surface area contributed by atoms with Crippen molar-refractivity contribution in [3.05, 3.63) is 83.1 Å². The molecular formula is C31H34N8O4. The number of para-hydroxylation sites is 1. The molecular weight excluding hydrogens is 548 g/mol. The SMILES string of the molecule is CC(Cn1c(=O)n(-c2ccc(Oc3ccccc3)cc2)c2c(N)ncnc21)NC(=O)C(C#N)=CC(C)(C)N1CCOCC1. The summed E-state index contributed by atoms with van der Waals surface area (Å²) in [6.45, 7) is 8.40. The summed E-state index contributed by atoms with van der Waals surface area (Å²) >= 11 is 0. The van der Waals surface area contributed by atoms with Crippen LogP contribution in [0.3, 0.4) is 0 Å². The number of carbonyl (C=O) groups excluding carboxylic acids is 1. The lowest BCUT2D eigenvalue weighted by Crippen LogP contribution is -2.49. The molecule has 1 atom stereocenters. The van der Waals surface area contributed by atoms with E-state index >= 15 is 0 Å². The number of nitrogens with one attached hydrogen (secondary N) is 1. The summed E-state index contributed by atoms with van der Waals surface area (Å²) in [4.78, 5) is 37.5. The van der Waals surface area contributed by atoms with E-state index in [2.05, 4.69) is 20.2 Å². The van der Waals surface area contributed by atoms with Gasteiger partial charge in [-0.3, -0.25) is 18.8 Å². The normalized spacial score (nSPS) is 15.2. The number of benzene rings is 2. The monoisotopic (exact) mass is 582 g/mol. The largest absolute Gasteiger partial charge is 0.457 e. The van der Waals surface area contributed by atoms with Gasteiger partial charge in [-0.2, -0.15) is 5.26 Å². The topological polar surface area (TPSA) is 153 Å². The van der Waals surface area contributed by atoms with E-state index in [0.29, 0.717) is 54.7 Å². The van der Waals surface area contributed by atoms with Gasteiger partial charge in [0.1, 0.15) is 35.0 Å². The average molecular weight is 583 g/mol. The average Bonchev–Trinajstić information content (AvgIpc) is 3.29. The van der Waals surface area contributed by atoms with Crippen LogP contribution in [0.1, 0.15) is 20.8 Å². The van der Waals surface area contributed by atoms with Gasteiger partial charge in [0.05, 0.1) is 18.9 Å². The highest BCUT2D eigenvalue weighted by atomic mass is 16.5. The lowest BCUT2D eigenvalue weighted by Gasteiger charge is -2.39. The van der Waals surface area contributed by atoms with E-state index in [1.54, 1.807) is 37.3 Å². The van der Waals surface area contributed by atoms with Crippen LogP contribution in [0.4, 0.5) is 5.82 Å². The van der Waals surface area contributed by atoms with Gasteiger partial charge in [0.2, 0.25) is 0 Å². The van der Waals surface area contributed by atoms with Crippen LogP contribution < -0.4 is 21.5 Å². The molecule has 1 aliphatic heterocycles. The Hall–Kier alpha value is -4.99. The van der Waals surface area contributed by atoms with Crippen molar-refractivity contribution >= 4 is 22.9 Å². The number of morpholine rings is 1. The molecule has 1 unspecified atom stereocenters. The molecule has 12 nitrogen and oxygen atoms in total. The second-order valence-corrected chi connectivity index (χ2v) is 10.9. The molecule has 1 amide bonds. The van der Waals surface area contributed by atoms with Gasteiger partial charge in [-0.1, -0.05) is 18.2 Å². The van der Waals surface area contributed by atoms with E-state index in [1.807, 2.05) is 50.2 Å². The predicted molar refractivity (Wildman–Crippen MR) is 162 cm³/mol. The number of fused-ring (bicyclic) bond motifs is 1. The first-order chi connectivity index (χ1) is 20.7. The number of ether oxygens (including phenoxy) is 2. The molecule has 12 heteroatoms. The van der Waals surface area contributed by atoms with Crippen LogP contribution in [0, 0.1) is 11.3 Å². The molecule has 4 aromatic rings. The quantitative estimate of drug-likeness (QED) is 0.224. The number of nitrogens with zero attached hydrogens (tertiary/aromatic N) is 6. The van der Waals surface area contributed by atoms with Crippen molar-refractivity contribution in [3.8, 4) is 23.3 Å². The Bertz CT molecular complexity index is 1730. The zero-order valence-electron chi connectivity index (χ0n) is 24.4. The molecule has 0 radical (unpaired) electrons. The second kappa shape index (κ2) is 12.5. The predicted octanol–water partition coefficient (Wildman–Crippen LogP) is 3.02. The number of carbonyl (C=O) groups is 1. The van der Waals surface area contributed by atoms with Gasteiger partial charge < -0.3 is 20.5 Å². The molecule has 0 bridgehead atoms. The zero-order chi connectivity index (χ0) is 30.6. The second-order valence-electron chi connectivity index (χ2n) is 10.9. The number of imidazole rings is 1. The van der Waals surface area contributed by atoms with Crippen molar-refractivity contribution in [1.29, 1.82) is 5.26 Å². The number of anilines is 1. The smallest absolute Gasteiger partial charge is 0.335 e. The Balaban J connectivity index is 1.38. The van der Waals surface area contributed by atoms with E-state index in [-0.39, 0.29) is 17.9 Å². The lowest BCUT2D eigenvalue weighted by atomic mass is 9.98. The van der Waals surface area contributed by atoms with Gasteiger partial charge in [0.25, 0.3) is 5.91 Å². The first-order valence-electron chi connectivity index (χ1n) is 14.0. The summed E-state index contributed by atoms with van der Waals surface area (Å²) in [6, 6.07) is 17.9. The molecule has 0 aliphatic carbocycles. The zero-order valence-corrected chi connectivity index (χ0v) is 24.4. The van der Waals surface area contributed by atoms with Gasteiger partial charge in [0.15, 0.2) is 11.5 Å². The van der Waals surface area contributed by atoms with E-state index < -0.39 is 23.2 Å². The molecule has 3 N–H and O–H groups in total. The minimum atomic E-state index is -0.523. The Morgan fingerprint density at radius 2 is 1.81 bits per heavy atom. The molecule has 1 saturated heterocycles. The van der Waals surface area contributed by atoms with E-state index in [9.17, 15) is 14.9 Å². The van der Waals surface area contributed by atoms with Crippen molar-refractivity contribution in [2.24, 2.45) is 0 Å². The highest BCUT2D eigenvalue weighted by Crippen LogP contribution is 2.25. The van der Waals surface area contributed by atoms with Gasteiger partial charge in [-0.15, -0.1) is 0 Å². The number of amides is 1.